The van der Waals surface area contributed by atoms with Crippen molar-refractivity contribution in [2.24, 2.45) is 0 Å². The first-order chi connectivity index (χ1) is 14.1. The Labute approximate surface area is 177 Å². The van der Waals surface area contributed by atoms with E-state index in [-0.39, 0.29) is 16.5 Å². The van der Waals surface area contributed by atoms with E-state index < -0.39 is 23.4 Å². The van der Waals surface area contributed by atoms with Crippen LogP contribution >= 0.6 is 11.6 Å². The van der Waals surface area contributed by atoms with Crippen LogP contribution in [0.15, 0.2) is 48.7 Å². The molecule has 0 atom stereocenters. The lowest BCUT2D eigenvalue weighted by Gasteiger charge is -2.20. The lowest BCUT2D eigenvalue weighted by Crippen LogP contribution is -2.27. The summed E-state index contributed by atoms with van der Waals surface area (Å²) in [5.41, 5.74) is 0.731. The Hall–Kier alpha value is -3.39. The zero-order valence-corrected chi connectivity index (χ0v) is 17.3. The van der Waals surface area contributed by atoms with Gasteiger partial charge in [-0.25, -0.2) is 14.2 Å². The quantitative estimate of drug-likeness (QED) is 0.562. The molecule has 0 fully saturated rings. The molecule has 9 heteroatoms. The molecule has 3 rings (SSSR count). The molecule has 0 unspecified atom stereocenters. The molecule has 0 aliphatic rings. The van der Waals surface area contributed by atoms with Crippen molar-refractivity contribution >= 4 is 46.7 Å². The van der Waals surface area contributed by atoms with Gasteiger partial charge in [-0.3, -0.25) is 14.5 Å². The smallest absolute Gasteiger partial charge is 0.412 e. The summed E-state index contributed by atoms with van der Waals surface area (Å²) in [4.78, 5) is 28.6. The van der Waals surface area contributed by atoms with Crippen LogP contribution in [0.1, 0.15) is 26.5 Å². The zero-order valence-electron chi connectivity index (χ0n) is 16.6. The van der Waals surface area contributed by atoms with Crippen molar-refractivity contribution in [2.45, 2.75) is 26.4 Å². The summed E-state index contributed by atoms with van der Waals surface area (Å²) in [6.07, 6.45) is 3.78. The maximum Gasteiger partial charge on any atom is 0.412 e. The van der Waals surface area contributed by atoms with Gasteiger partial charge in [0.2, 0.25) is 5.91 Å². The van der Waals surface area contributed by atoms with Crippen LogP contribution in [-0.4, -0.2) is 27.0 Å². The molecule has 2 N–H and O–H groups in total. The zero-order chi connectivity index (χ0) is 21.9. The first kappa shape index (κ1) is 21.3. The van der Waals surface area contributed by atoms with Crippen molar-refractivity contribution in [2.75, 3.05) is 10.6 Å². The highest BCUT2D eigenvalue weighted by Gasteiger charge is 2.18. The lowest BCUT2D eigenvalue weighted by molar-refractivity contribution is -0.111. The van der Waals surface area contributed by atoms with Crippen molar-refractivity contribution in [3.8, 4) is 0 Å². The number of amides is 2. The molecule has 0 aliphatic heterocycles. The fraction of sp³-hybridized carbons (Fsp3) is 0.190. The number of benzene rings is 1. The van der Waals surface area contributed by atoms with Gasteiger partial charge in [-0.2, -0.15) is 0 Å². The number of hydrogen-bond acceptors (Lipinski definition) is 4. The summed E-state index contributed by atoms with van der Waals surface area (Å²) in [5.74, 6) is -1.12. The van der Waals surface area contributed by atoms with E-state index in [2.05, 4.69) is 15.6 Å². The fourth-order valence-electron chi connectivity index (χ4n) is 2.61. The van der Waals surface area contributed by atoms with E-state index in [0.717, 1.165) is 12.1 Å². The van der Waals surface area contributed by atoms with Gasteiger partial charge in [0.05, 0.1) is 17.1 Å². The molecule has 0 aliphatic carbocycles. The predicted molar refractivity (Wildman–Crippen MR) is 114 cm³/mol. The third-order valence-electron chi connectivity index (χ3n) is 3.79. The highest BCUT2D eigenvalue weighted by Crippen LogP contribution is 2.24. The number of fused-ring (bicyclic) bond motifs is 1. The Balaban J connectivity index is 1.77. The normalized spacial score (nSPS) is 11.6. The third-order valence-corrected chi connectivity index (χ3v) is 4.07. The van der Waals surface area contributed by atoms with Crippen molar-refractivity contribution < 1.29 is 18.7 Å². The van der Waals surface area contributed by atoms with Crippen molar-refractivity contribution in [3.05, 3.63) is 65.3 Å². The van der Waals surface area contributed by atoms with Gasteiger partial charge in [-0.05, 0) is 57.2 Å². The number of carbonyl (C=O) groups is 2. The van der Waals surface area contributed by atoms with Gasteiger partial charge in [0, 0.05) is 12.3 Å². The highest BCUT2D eigenvalue weighted by atomic mass is 35.5. The number of anilines is 2. The maximum atomic E-state index is 13.7. The highest BCUT2D eigenvalue weighted by molar-refractivity contribution is 6.31. The largest absolute Gasteiger partial charge is 0.444 e. The molecule has 0 radical (unpaired) electrons. The van der Waals surface area contributed by atoms with Crippen LogP contribution in [0.5, 0.6) is 0 Å². The fourth-order valence-corrected chi connectivity index (χ4v) is 2.85. The van der Waals surface area contributed by atoms with Gasteiger partial charge in [0.15, 0.2) is 5.15 Å². The van der Waals surface area contributed by atoms with Crippen LogP contribution < -0.4 is 10.6 Å². The number of nitrogens with one attached hydrogen (secondary N) is 2. The number of pyridine rings is 1. The maximum absolute atomic E-state index is 13.7. The third kappa shape index (κ3) is 5.36. The van der Waals surface area contributed by atoms with Crippen LogP contribution in [0, 0.1) is 5.82 Å². The Morgan fingerprint density at radius 2 is 1.93 bits per heavy atom. The SMILES string of the molecule is CC(C)(C)OC(=O)Nc1ccc(F)cc1NC(=O)/C=C/c1c(Cl)nc2ccccn12. The van der Waals surface area contributed by atoms with Gasteiger partial charge in [-0.15, -0.1) is 0 Å². The van der Waals surface area contributed by atoms with Gasteiger partial charge in [0.25, 0.3) is 0 Å². The second-order valence-corrected chi connectivity index (χ2v) is 7.71. The molecule has 7 nitrogen and oxygen atoms in total. The van der Waals surface area contributed by atoms with Crippen LogP contribution in [0.25, 0.3) is 11.7 Å². The lowest BCUT2D eigenvalue weighted by atomic mass is 10.2. The molecule has 0 saturated carbocycles. The Morgan fingerprint density at radius 1 is 1.17 bits per heavy atom. The minimum Gasteiger partial charge on any atom is -0.444 e. The summed E-state index contributed by atoms with van der Waals surface area (Å²) < 4.78 is 20.6. The number of rotatable bonds is 4. The van der Waals surface area contributed by atoms with E-state index in [1.54, 1.807) is 37.4 Å². The summed E-state index contributed by atoms with van der Waals surface area (Å²) in [6, 6.07) is 9.01. The van der Waals surface area contributed by atoms with Crippen molar-refractivity contribution in [1.29, 1.82) is 0 Å². The molecule has 156 valence electrons. The topological polar surface area (TPSA) is 84.7 Å². The number of ether oxygens (including phenoxy) is 1. The second-order valence-electron chi connectivity index (χ2n) is 7.36. The van der Waals surface area contributed by atoms with Crippen LogP contribution in [-0.2, 0) is 9.53 Å². The minimum atomic E-state index is -0.724. The molecule has 1 aromatic carbocycles. The van der Waals surface area contributed by atoms with Gasteiger partial charge in [-0.1, -0.05) is 17.7 Å². The molecular formula is C21H20ClFN4O3. The monoisotopic (exact) mass is 430 g/mol. The number of carbonyl (C=O) groups excluding carboxylic acids is 2. The molecular weight excluding hydrogens is 411 g/mol. The summed E-state index contributed by atoms with van der Waals surface area (Å²) in [7, 11) is 0. The molecule has 0 spiro atoms. The Kier molecular flexibility index (Phi) is 6.07. The van der Waals surface area contributed by atoms with Crippen LogP contribution in [0.2, 0.25) is 5.15 Å². The van der Waals surface area contributed by atoms with Gasteiger partial charge in [0.1, 0.15) is 17.1 Å². The summed E-state index contributed by atoms with van der Waals surface area (Å²) in [5, 5.41) is 5.28. The summed E-state index contributed by atoms with van der Waals surface area (Å²) >= 11 is 6.14. The molecule has 2 heterocycles. The first-order valence-corrected chi connectivity index (χ1v) is 9.41. The van der Waals surface area contributed by atoms with E-state index in [4.69, 9.17) is 16.3 Å². The molecule has 2 aromatic heterocycles. The molecule has 0 bridgehead atoms. The van der Waals surface area contributed by atoms with E-state index >= 15 is 0 Å². The minimum absolute atomic E-state index is 0.0831. The number of nitrogens with zero attached hydrogens (tertiary/aromatic N) is 2. The van der Waals surface area contributed by atoms with E-state index in [9.17, 15) is 14.0 Å². The molecule has 3 aromatic rings. The second kappa shape index (κ2) is 8.54. The van der Waals surface area contributed by atoms with Crippen LogP contribution in [0.4, 0.5) is 20.6 Å². The standard InChI is InChI=1S/C21H20ClFN4O3/c1-21(2,3)30-20(29)25-14-8-7-13(23)12-15(14)24-18(28)10-9-16-19(22)26-17-6-4-5-11-27(16)17/h4-12H,1-3H3,(H,24,28)(H,25,29)/b10-9+. The Morgan fingerprint density at radius 3 is 2.67 bits per heavy atom. The average Bonchev–Trinajstić information content (AvgIpc) is 2.96. The molecule has 30 heavy (non-hydrogen) atoms. The number of imidazole rings is 1. The van der Waals surface area contributed by atoms with E-state index in [1.165, 1.54) is 18.2 Å². The van der Waals surface area contributed by atoms with E-state index in [0.29, 0.717) is 11.3 Å². The van der Waals surface area contributed by atoms with Crippen molar-refractivity contribution in [1.82, 2.24) is 9.38 Å². The van der Waals surface area contributed by atoms with E-state index in [1.807, 2.05) is 12.1 Å². The number of aromatic nitrogens is 2. The van der Waals surface area contributed by atoms with Crippen molar-refractivity contribution in [3.63, 3.8) is 0 Å². The first-order valence-electron chi connectivity index (χ1n) is 9.03. The molecule has 0 saturated heterocycles. The average molecular weight is 431 g/mol. The summed E-state index contributed by atoms with van der Waals surface area (Å²) in [6.45, 7) is 5.15. The Bertz CT molecular complexity index is 1130. The number of halogens is 2. The van der Waals surface area contributed by atoms with Crippen LogP contribution in [0.3, 0.4) is 0 Å². The van der Waals surface area contributed by atoms with Gasteiger partial charge >= 0.3 is 6.09 Å². The number of hydrogen-bond donors (Lipinski definition) is 2. The molecule has 2 amide bonds. The van der Waals surface area contributed by atoms with Gasteiger partial charge < -0.3 is 10.1 Å². The predicted octanol–water partition coefficient (Wildman–Crippen LogP) is 5.13.